The molecule has 106 valence electrons. The molecule has 0 atom stereocenters. The molecular weight excluding hydrogens is 250 g/mol. The van der Waals surface area contributed by atoms with E-state index >= 15 is 0 Å². The summed E-state index contributed by atoms with van der Waals surface area (Å²) in [6, 6.07) is 8.80. The van der Waals surface area contributed by atoms with Crippen LogP contribution in [-0.4, -0.2) is 23.2 Å². The molecule has 0 spiro atoms. The second kappa shape index (κ2) is 5.19. The highest BCUT2D eigenvalue weighted by atomic mass is 16.2. The lowest BCUT2D eigenvalue weighted by Crippen LogP contribution is -2.37. The standard InChI is InChI=1S/C16H21N3O/c1-11-13(9-10-17-16(20)18-12-7-8-12)14-5-3-4-6-15(14)19(11)2/h3-6,12H,7-10H2,1-2H3,(H2,17,18,20). The topological polar surface area (TPSA) is 46.1 Å². The average molecular weight is 271 g/mol. The third-order valence-corrected chi connectivity index (χ3v) is 4.10. The van der Waals surface area contributed by atoms with Crippen LogP contribution in [0.5, 0.6) is 0 Å². The third kappa shape index (κ3) is 2.50. The number of para-hydroxylation sites is 1. The highest BCUT2D eigenvalue weighted by Crippen LogP contribution is 2.24. The summed E-state index contributed by atoms with van der Waals surface area (Å²) in [5.41, 5.74) is 3.85. The van der Waals surface area contributed by atoms with Gasteiger partial charge in [0.15, 0.2) is 0 Å². The van der Waals surface area contributed by atoms with E-state index in [0.717, 1.165) is 19.3 Å². The van der Waals surface area contributed by atoms with Gasteiger partial charge in [0.2, 0.25) is 0 Å². The molecule has 1 aliphatic carbocycles. The molecule has 0 saturated heterocycles. The van der Waals surface area contributed by atoms with Gasteiger partial charge in [-0.1, -0.05) is 18.2 Å². The number of hydrogen-bond acceptors (Lipinski definition) is 1. The summed E-state index contributed by atoms with van der Waals surface area (Å²) in [7, 11) is 2.09. The number of benzene rings is 1. The molecule has 0 bridgehead atoms. The summed E-state index contributed by atoms with van der Waals surface area (Å²) in [4.78, 5) is 11.6. The zero-order valence-corrected chi connectivity index (χ0v) is 12.1. The highest BCUT2D eigenvalue weighted by molar-refractivity contribution is 5.85. The van der Waals surface area contributed by atoms with Crippen molar-refractivity contribution in [3.05, 3.63) is 35.5 Å². The van der Waals surface area contributed by atoms with Crippen molar-refractivity contribution in [2.45, 2.75) is 32.2 Å². The quantitative estimate of drug-likeness (QED) is 0.881. The SMILES string of the molecule is Cc1c(CCNC(=O)NC2CC2)c2ccccc2n1C. The number of fused-ring (bicyclic) bond motifs is 1. The van der Waals surface area contributed by atoms with E-state index in [1.165, 1.54) is 22.2 Å². The number of carbonyl (C=O) groups excluding carboxylic acids is 1. The van der Waals surface area contributed by atoms with Crippen molar-refractivity contribution in [2.75, 3.05) is 6.54 Å². The van der Waals surface area contributed by atoms with E-state index in [0.29, 0.717) is 12.6 Å². The summed E-state index contributed by atoms with van der Waals surface area (Å²) in [6.07, 6.45) is 3.11. The van der Waals surface area contributed by atoms with Crippen LogP contribution in [0, 0.1) is 6.92 Å². The molecule has 20 heavy (non-hydrogen) atoms. The zero-order valence-electron chi connectivity index (χ0n) is 12.1. The van der Waals surface area contributed by atoms with Crippen LogP contribution < -0.4 is 10.6 Å². The summed E-state index contributed by atoms with van der Waals surface area (Å²) in [6.45, 7) is 2.81. The van der Waals surface area contributed by atoms with E-state index in [2.05, 4.69) is 53.4 Å². The van der Waals surface area contributed by atoms with Crippen LogP contribution in [0.25, 0.3) is 10.9 Å². The lowest BCUT2D eigenvalue weighted by molar-refractivity contribution is 0.240. The number of hydrogen-bond donors (Lipinski definition) is 2. The number of nitrogens with zero attached hydrogens (tertiary/aromatic N) is 1. The van der Waals surface area contributed by atoms with E-state index in [4.69, 9.17) is 0 Å². The molecule has 0 aliphatic heterocycles. The van der Waals surface area contributed by atoms with Crippen LogP contribution in [-0.2, 0) is 13.5 Å². The summed E-state index contributed by atoms with van der Waals surface area (Å²) in [5, 5.41) is 7.18. The van der Waals surface area contributed by atoms with Crippen LogP contribution in [0.3, 0.4) is 0 Å². The molecule has 1 heterocycles. The number of aromatic nitrogens is 1. The average Bonchev–Trinajstić information content (AvgIpc) is 3.22. The monoisotopic (exact) mass is 271 g/mol. The van der Waals surface area contributed by atoms with Gasteiger partial charge in [-0.25, -0.2) is 4.79 Å². The molecule has 4 heteroatoms. The van der Waals surface area contributed by atoms with Crippen LogP contribution in [0.4, 0.5) is 4.79 Å². The smallest absolute Gasteiger partial charge is 0.315 e. The van der Waals surface area contributed by atoms with Gasteiger partial charge in [0.1, 0.15) is 0 Å². The molecule has 1 saturated carbocycles. The van der Waals surface area contributed by atoms with Gasteiger partial charge in [0.25, 0.3) is 0 Å². The number of aryl methyl sites for hydroxylation is 1. The van der Waals surface area contributed by atoms with Crippen molar-refractivity contribution in [2.24, 2.45) is 7.05 Å². The molecule has 2 amide bonds. The first-order valence-corrected chi connectivity index (χ1v) is 7.24. The largest absolute Gasteiger partial charge is 0.348 e. The highest BCUT2D eigenvalue weighted by Gasteiger charge is 2.22. The van der Waals surface area contributed by atoms with Crippen molar-refractivity contribution >= 4 is 16.9 Å². The van der Waals surface area contributed by atoms with E-state index in [1.54, 1.807) is 0 Å². The zero-order chi connectivity index (χ0) is 14.1. The van der Waals surface area contributed by atoms with E-state index < -0.39 is 0 Å². The van der Waals surface area contributed by atoms with Crippen LogP contribution in [0.2, 0.25) is 0 Å². The van der Waals surface area contributed by atoms with Gasteiger partial charge in [-0.3, -0.25) is 0 Å². The first-order valence-electron chi connectivity index (χ1n) is 7.24. The summed E-state index contributed by atoms with van der Waals surface area (Å²) >= 11 is 0. The van der Waals surface area contributed by atoms with Crippen molar-refractivity contribution in [3.63, 3.8) is 0 Å². The Morgan fingerprint density at radius 1 is 1.35 bits per heavy atom. The van der Waals surface area contributed by atoms with Gasteiger partial charge < -0.3 is 15.2 Å². The molecule has 1 fully saturated rings. The Morgan fingerprint density at radius 2 is 2.10 bits per heavy atom. The number of amides is 2. The maximum atomic E-state index is 11.6. The third-order valence-electron chi connectivity index (χ3n) is 4.10. The number of rotatable bonds is 4. The van der Waals surface area contributed by atoms with Gasteiger partial charge >= 0.3 is 6.03 Å². The maximum Gasteiger partial charge on any atom is 0.315 e. The predicted molar refractivity (Wildman–Crippen MR) is 80.9 cm³/mol. The Morgan fingerprint density at radius 3 is 2.85 bits per heavy atom. The molecule has 4 nitrogen and oxygen atoms in total. The summed E-state index contributed by atoms with van der Waals surface area (Å²) < 4.78 is 2.22. The lowest BCUT2D eigenvalue weighted by atomic mass is 10.1. The molecule has 1 aliphatic rings. The number of nitrogens with one attached hydrogen (secondary N) is 2. The van der Waals surface area contributed by atoms with Gasteiger partial charge in [0, 0.05) is 36.2 Å². The second-order valence-electron chi connectivity index (χ2n) is 5.56. The Bertz CT molecular complexity index is 640. The van der Waals surface area contributed by atoms with Crippen molar-refractivity contribution < 1.29 is 4.79 Å². The fourth-order valence-electron chi connectivity index (χ4n) is 2.68. The first-order chi connectivity index (χ1) is 9.66. The minimum absolute atomic E-state index is 0.0367. The second-order valence-corrected chi connectivity index (χ2v) is 5.56. The minimum atomic E-state index is -0.0367. The Labute approximate surface area is 119 Å². The molecule has 1 aromatic carbocycles. The molecule has 1 aromatic heterocycles. The molecular formula is C16H21N3O. The Balaban J connectivity index is 1.67. The summed E-state index contributed by atoms with van der Waals surface area (Å²) in [5.74, 6) is 0. The fourth-order valence-corrected chi connectivity index (χ4v) is 2.68. The predicted octanol–water partition coefficient (Wildman–Crippen LogP) is 2.49. The molecule has 0 radical (unpaired) electrons. The molecule has 0 unspecified atom stereocenters. The van der Waals surface area contributed by atoms with E-state index in [1.807, 2.05) is 0 Å². The number of urea groups is 1. The van der Waals surface area contributed by atoms with Gasteiger partial charge in [-0.15, -0.1) is 0 Å². The van der Waals surface area contributed by atoms with Crippen LogP contribution in [0.15, 0.2) is 24.3 Å². The normalized spacial score (nSPS) is 14.5. The van der Waals surface area contributed by atoms with Gasteiger partial charge in [-0.2, -0.15) is 0 Å². The number of carbonyl (C=O) groups is 1. The van der Waals surface area contributed by atoms with Crippen molar-refractivity contribution in [1.29, 1.82) is 0 Å². The van der Waals surface area contributed by atoms with Crippen LogP contribution in [0.1, 0.15) is 24.1 Å². The van der Waals surface area contributed by atoms with Crippen LogP contribution >= 0.6 is 0 Å². The van der Waals surface area contributed by atoms with Crippen molar-refractivity contribution in [1.82, 2.24) is 15.2 Å². The Kier molecular flexibility index (Phi) is 3.38. The van der Waals surface area contributed by atoms with Gasteiger partial charge in [-0.05, 0) is 37.8 Å². The minimum Gasteiger partial charge on any atom is -0.348 e. The van der Waals surface area contributed by atoms with E-state index in [9.17, 15) is 4.79 Å². The van der Waals surface area contributed by atoms with Crippen molar-refractivity contribution in [3.8, 4) is 0 Å². The molecule has 3 rings (SSSR count). The lowest BCUT2D eigenvalue weighted by Gasteiger charge is -2.07. The van der Waals surface area contributed by atoms with E-state index in [-0.39, 0.29) is 6.03 Å². The molecule has 2 N–H and O–H groups in total. The Hall–Kier alpha value is -1.97. The first kappa shape index (κ1) is 13.0. The molecule has 2 aromatic rings. The fraction of sp³-hybridized carbons (Fsp3) is 0.438. The maximum absolute atomic E-state index is 11.6. The van der Waals surface area contributed by atoms with Gasteiger partial charge in [0.05, 0.1) is 0 Å².